The molecular weight excluding hydrogens is 490 g/mol. The molecule has 1 heterocycles. The van der Waals surface area contributed by atoms with Crippen LogP contribution in [0, 0.1) is 20.8 Å². The fraction of sp³-hybridized carbons (Fsp3) is 0.286. The van der Waals surface area contributed by atoms with Crippen molar-refractivity contribution in [2.75, 3.05) is 23.2 Å². The molecule has 1 saturated heterocycles. The highest BCUT2D eigenvalue weighted by atomic mass is 32.2. The second kappa shape index (κ2) is 11.1. The highest BCUT2D eigenvalue weighted by Gasteiger charge is 2.22. The van der Waals surface area contributed by atoms with Gasteiger partial charge >= 0.3 is 0 Å². The lowest BCUT2D eigenvalue weighted by Crippen LogP contribution is -2.32. The Morgan fingerprint density at radius 2 is 1.68 bits per heavy atom. The van der Waals surface area contributed by atoms with E-state index in [0.717, 1.165) is 24.0 Å². The van der Waals surface area contributed by atoms with E-state index in [2.05, 4.69) is 15.4 Å². The molecule has 1 aliphatic heterocycles. The van der Waals surface area contributed by atoms with E-state index < -0.39 is 15.9 Å². The molecule has 2 amide bonds. The number of amides is 2. The summed E-state index contributed by atoms with van der Waals surface area (Å²) in [6.45, 7) is 6.47. The number of hydrogen-bond donors (Lipinski definition) is 3. The molecule has 4 rings (SSSR count). The fourth-order valence-electron chi connectivity index (χ4n) is 4.17. The molecule has 1 atom stereocenters. The van der Waals surface area contributed by atoms with Crippen molar-refractivity contribution in [3.05, 3.63) is 88.5 Å². The van der Waals surface area contributed by atoms with Gasteiger partial charge in [0.2, 0.25) is 0 Å². The predicted molar refractivity (Wildman–Crippen MR) is 144 cm³/mol. The van der Waals surface area contributed by atoms with Crippen LogP contribution < -0.4 is 15.4 Å². The van der Waals surface area contributed by atoms with Crippen LogP contribution in [-0.2, 0) is 14.8 Å². The van der Waals surface area contributed by atoms with Gasteiger partial charge in [-0.15, -0.1) is 0 Å². The van der Waals surface area contributed by atoms with E-state index >= 15 is 0 Å². The zero-order valence-electron chi connectivity index (χ0n) is 21.1. The molecule has 0 saturated carbocycles. The average Bonchev–Trinajstić information content (AvgIpc) is 3.39. The van der Waals surface area contributed by atoms with E-state index in [1.54, 1.807) is 49.4 Å². The van der Waals surface area contributed by atoms with Crippen LogP contribution in [-0.4, -0.2) is 39.5 Å². The lowest BCUT2D eigenvalue weighted by atomic mass is 10.1. The van der Waals surface area contributed by atoms with Gasteiger partial charge in [0.1, 0.15) is 0 Å². The smallest absolute Gasteiger partial charge is 0.262 e. The molecule has 0 radical (unpaired) electrons. The first-order valence-corrected chi connectivity index (χ1v) is 13.6. The quantitative estimate of drug-likeness (QED) is 0.402. The number of sulfonamides is 1. The van der Waals surface area contributed by atoms with Crippen molar-refractivity contribution >= 4 is 33.2 Å². The van der Waals surface area contributed by atoms with Crippen LogP contribution in [0.3, 0.4) is 0 Å². The maximum absolute atomic E-state index is 13.2. The second-order valence-electron chi connectivity index (χ2n) is 9.25. The highest BCUT2D eigenvalue weighted by Crippen LogP contribution is 2.25. The Labute approximate surface area is 217 Å². The normalized spacial score (nSPS) is 15.3. The van der Waals surface area contributed by atoms with Gasteiger partial charge in [-0.1, -0.05) is 30.3 Å². The average molecular weight is 522 g/mol. The molecule has 1 fully saturated rings. The molecule has 9 heteroatoms. The van der Waals surface area contributed by atoms with Gasteiger partial charge < -0.3 is 15.4 Å². The van der Waals surface area contributed by atoms with Crippen molar-refractivity contribution in [2.24, 2.45) is 0 Å². The molecule has 194 valence electrons. The summed E-state index contributed by atoms with van der Waals surface area (Å²) in [7, 11) is -3.96. The van der Waals surface area contributed by atoms with Crippen LogP contribution >= 0.6 is 0 Å². The summed E-state index contributed by atoms with van der Waals surface area (Å²) in [6.07, 6.45) is 1.87. The Kier molecular flexibility index (Phi) is 7.94. The minimum atomic E-state index is -3.96. The molecule has 3 aromatic rings. The van der Waals surface area contributed by atoms with Gasteiger partial charge in [-0.05, 0) is 80.6 Å². The summed E-state index contributed by atoms with van der Waals surface area (Å²) < 4.78 is 34.7. The van der Waals surface area contributed by atoms with Gasteiger partial charge in [0.05, 0.1) is 27.9 Å². The van der Waals surface area contributed by atoms with Crippen LogP contribution in [0.5, 0.6) is 0 Å². The summed E-state index contributed by atoms with van der Waals surface area (Å²) in [5, 5.41) is 5.61. The van der Waals surface area contributed by atoms with E-state index in [-0.39, 0.29) is 22.5 Å². The summed E-state index contributed by atoms with van der Waals surface area (Å²) in [4.78, 5) is 25.9. The van der Waals surface area contributed by atoms with Crippen molar-refractivity contribution in [1.82, 2.24) is 5.32 Å². The van der Waals surface area contributed by atoms with Crippen molar-refractivity contribution in [3.8, 4) is 0 Å². The SMILES string of the molecule is Cc1ccc(C)c(NS(=O)(=O)c2cc(C(=O)Nc3ccccc3C(=O)NC[C@H]3CCCO3)ccc2C)c1. The number of hydrogen-bond acceptors (Lipinski definition) is 5. The van der Waals surface area contributed by atoms with E-state index in [1.807, 2.05) is 26.0 Å². The molecule has 1 aliphatic rings. The topological polar surface area (TPSA) is 114 Å². The van der Waals surface area contributed by atoms with Crippen molar-refractivity contribution < 1.29 is 22.7 Å². The zero-order chi connectivity index (χ0) is 26.6. The highest BCUT2D eigenvalue weighted by molar-refractivity contribution is 7.92. The monoisotopic (exact) mass is 521 g/mol. The molecule has 3 aromatic carbocycles. The molecular formula is C28H31N3O5S. The third-order valence-corrected chi connectivity index (χ3v) is 7.82. The Balaban J connectivity index is 1.53. The maximum atomic E-state index is 13.2. The summed E-state index contributed by atoms with van der Waals surface area (Å²) in [5.74, 6) is -0.848. The van der Waals surface area contributed by atoms with Gasteiger partial charge in [0.15, 0.2) is 0 Å². The molecule has 0 aliphatic carbocycles. The minimum Gasteiger partial charge on any atom is -0.376 e. The third-order valence-electron chi connectivity index (χ3n) is 6.31. The Morgan fingerprint density at radius 1 is 0.919 bits per heavy atom. The number of nitrogens with one attached hydrogen (secondary N) is 3. The number of rotatable bonds is 8. The Morgan fingerprint density at radius 3 is 2.43 bits per heavy atom. The molecule has 0 aromatic heterocycles. The van der Waals surface area contributed by atoms with Gasteiger partial charge in [0, 0.05) is 18.7 Å². The number of para-hydroxylation sites is 1. The number of benzene rings is 3. The zero-order valence-corrected chi connectivity index (χ0v) is 21.9. The fourth-order valence-corrected chi connectivity index (χ4v) is 5.56. The summed E-state index contributed by atoms with van der Waals surface area (Å²) in [6, 6.07) is 16.7. The van der Waals surface area contributed by atoms with Crippen molar-refractivity contribution in [3.63, 3.8) is 0 Å². The summed E-state index contributed by atoms with van der Waals surface area (Å²) >= 11 is 0. The number of aryl methyl sites for hydroxylation is 3. The lowest BCUT2D eigenvalue weighted by Gasteiger charge is -2.15. The Bertz CT molecular complexity index is 1430. The van der Waals surface area contributed by atoms with E-state index in [9.17, 15) is 18.0 Å². The standard InChI is InChI=1S/C28H31N3O5S/c1-18-10-11-19(2)25(15-18)31-37(34,35)26-16-21(13-12-20(26)3)27(32)30-24-9-5-4-8-23(24)28(33)29-17-22-7-6-14-36-22/h4-5,8-13,15-16,22,31H,6-7,14,17H2,1-3H3,(H,29,33)(H,30,32)/t22-/m1/s1. The molecule has 0 bridgehead atoms. The van der Waals surface area contributed by atoms with Crippen LogP contribution in [0.4, 0.5) is 11.4 Å². The molecule has 0 unspecified atom stereocenters. The number of anilines is 2. The van der Waals surface area contributed by atoms with E-state index in [0.29, 0.717) is 35.7 Å². The Hall–Kier alpha value is -3.69. The van der Waals surface area contributed by atoms with Gasteiger partial charge in [-0.2, -0.15) is 0 Å². The van der Waals surface area contributed by atoms with Crippen LogP contribution in [0.25, 0.3) is 0 Å². The van der Waals surface area contributed by atoms with Gasteiger partial charge in [-0.25, -0.2) is 8.42 Å². The summed E-state index contributed by atoms with van der Waals surface area (Å²) in [5.41, 5.74) is 3.49. The minimum absolute atomic E-state index is 0.00338. The van der Waals surface area contributed by atoms with Crippen LogP contribution in [0.1, 0.15) is 50.2 Å². The maximum Gasteiger partial charge on any atom is 0.262 e. The molecule has 8 nitrogen and oxygen atoms in total. The second-order valence-corrected chi connectivity index (χ2v) is 10.9. The van der Waals surface area contributed by atoms with Crippen LogP contribution in [0.2, 0.25) is 0 Å². The van der Waals surface area contributed by atoms with Crippen LogP contribution in [0.15, 0.2) is 65.6 Å². The van der Waals surface area contributed by atoms with E-state index in [1.165, 1.54) is 6.07 Å². The first-order valence-electron chi connectivity index (χ1n) is 12.1. The number of ether oxygens (including phenoxy) is 1. The first kappa shape index (κ1) is 26.4. The lowest BCUT2D eigenvalue weighted by molar-refractivity contribution is 0.0858. The third kappa shape index (κ3) is 6.36. The first-order chi connectivity index (χ1) is 17.6. The number of carbonyl (C=O) groups excluding carboxylic acids is 2. The number of carbonyl (C=O) groups is 2. The van der Waals surface area contributed by atoms with E-state index in [4.69, 9.17) is 4.74 Å². The molecule has 3 N–H and O–H groups in total. The van der Waals surface area contributed by atoms with Gasteiger partial charge in [-0.3, -0.25) is 14.3 Å². The largest absolute Gasteiger partial charge is 0.376 e. The predicted octanol–water partition coefficient (Wildman–Crippen LogP) is 4.57. The molecule has 37 heavy (non-hydrogen) atoms. The molecule has 0 spiro atoms. The van der Waals surface area contributed by atoms with Crippen molar-refractivity contribution in [2.45, 2.75) is 44.6 Å². The van der Waals surface area contributed by atoms with Gasteiger partial charge in [0.25, 0.3) is 21.8 Å². The van der Waals surface area contributed by atoms with Crippen molar-refractivity contribution in [1.29, 1.82) is 0 Å².